The van der Waals surface area contributed by atoms with Gasteiger partial charge in [-0.3, -0.25) is 9.79 Å². The van der Waals surface area contributed by atoms with E-state index in [4.69, 9.17) is 9.15 Å². The van der Waals surface area contributed by atoms with E-state index in [1.807, 2.05) is 0 Å². The molecule has 2 rings (SSSR count). The van der Waals surface area contributed by atoms with E-state index in [2.05, 4.69) is 59.9 Å². The number of benzene rings is 1. The molecule has 1 amide bonds. The quantitative estimate of drug-likeness (QED) is 0.207. The normalized spacial score (nSPS) is 11.9. The van der Waals surface area contributed by atoms with Crippen molar-refractivity contribution in [2.45, 2.75) is 39.8 Å². The average molecular weight is 514 g/mol. The molecule has 0 saturated carbocycles. The van der Waals surface area contributed by atoms with Gasteiger partial charge in [-0.2, -0.15) is 0 Å². The molecule has 1 atom stereocenters. The molecular weight excluding hydrogens is 483 g/mol. The molecule has 2 aromatic rings. The third-order valence-corrected chi connectivity index (χ3v) is 4.24. The first-order valence-corrected chi connectivity index (χ1v) is 9.55. The van der Waals surface area contributed by atoms with Crippen LogP contribution in [-0.4, -0.2) is 38.1 Å². The Balaban J connectivity index is 0.00000420. The van der Waals surface area contributed by atoms with Crippen LogP contribution in [0.5, 0.6) is 5.75 Å². The van der Waals surface area contributed by atoms with Gasteiger partial charge in [-0.25, -0.2) is 0 Å². The molecule has 7 nitrogen and oxygen atoms in total. The predicted octanol–water partition coefficient (Wildman–Crippen LogP) is 3.48. The number of hydrogen-bond donors (Lipinski definition) is 3. The highest BCUT2D eigenvalue weighted by atomic mass is 127. The maximum atomic E-state index is 11.8. The van der Waals surface area contributed by atoms with Crippen LogP contribution in [0.25, 0.3) is 0 Å². The maximum Gasteiger partial charge on any atom is 0.287 e. The number of hydrogen-bond acceptors (Lipinski definition) is 4. The summed E-state index contributed by atoms with van der Waals surface area (Å²) < 4.78 is 11.1. The lowest BCUT2D eigenvalue weighted by atomic mass is 10.1. The average Bonchev–Trinajstić information content (AvgIpc) is 3.23. The molecule has 0 aliphatic heterocycles. The molecule has 1 aromatic carbocycles. The lowest BCUT2D eigenvalue weighted by Crippen LogP contribution is -2.41. The summed E-state index contributed by atoms with van der Waals surface area (Å²) in [6.07, 6.45) is 2.59. The van der Waals surface area contributed by atoms with Gasteiger partial charge in [0, 0.05) is 32.2 Å². The van der Waals surface area contributed by atoms with Crippen molar-refractivity contribution in [2.75, 3.05) is 20.1 Å². The minimum absolute atomic E-state index is 0. The largest absolute Gasteiger partial charge is 0.490 e. The summed E-state index contributed by atoms with van der Waals surface area (Å²) in [5.41, 5.74) is 2.23. The highest BCUT2D eigenvalue weighted by molar-refractivity contribution is 14.0. The van der Waals surface area contributed by atoms with Crippen molar-refractivity contribution in [3.05, 3.63) is 53.5 Å². The standard InChI is InChI=1S/C21H30N4O3.HI/c1-5-16(3)28-19-13-15(2)8-9-17(19)14-25-21(22-4)24-11-10-23-20(26)18-7-6-12-27-18;/h6-9,12-13,16H,5,10-11,14H2,1-4H3,(H,23,26)(H2,22,24,25);1H. The smallest absolute Gasteiger partial charge is 0.287 e. The number of furan rings is 1. The van der Waals surface area contributed by atoms with Crippen molar-refractivity contribution in [1.82, 2.24) is 16.0 Å². The molecular formula is C21H31IN4O3. The molecule has 1 heterocycles. The Labute approximate surface area is 189 Å². The zero-order chi connectivity index (χ0) is 20.4. The predicted molar refractivity (Wildman–Crippen MR) is 126 cm³/mol. The first kappa shape index (κ1) is 24.8. The molecule has 0 fully saturated rings. The van der Waals surface area contributed by atoms with Gasteiger partial charge in [-0.15, -0.1) is 24.0 Å². The summed E-state index contributed by atoms with van der Waals surface area (Å²) in [6.45, 7) is 7.80. The second-order valence-corrected chi connectivity index (χ2v) is 6.53. The number of ether oxygens (including phenoxy) is 1. The number of carbonyl (C=O) groups is 1. The summed E-state index contributed by atoms with van der Waals surface area (Å²) in [4.78, 5) is 16.0. The third-order valence-electron chi connectivity index (χ3n) is 4.24. The van der Waals surface area contributed by atoms with Gasteiger partial charge in [0.15, 0.2) is 11.7 Å². The number of halogens is 1. The topological polar surface area (TPSA) is 87.9 Å². The zero-order valence-electron chi connectivity index (χ0n) is 17.5. The molecule has 0 aliphatic carbocycles. The molecule has 8 heteroatoms. The number of aryl methyl sites for hydroxylation is 1. The van der Waals surface area contributed by atoms with Gasteiger partial charge in [0.1, 0.15) is 5.75 Å². The minimum Gasteiger partial charge on any atom is -0.490 e. The highest BCUT2D eigenvalue weighted by Crippen LogP contribution is 2.22. The van der Waals surface area contributed by atoms with Crippen molar-refractivity contribution in [1.29, 1.82) is 0 Å². The molecule has 0 radical (unpaired) electrons. The summed E-state index contributed by atoms with van der Waals surface area (Å²) in [5, 5.41) is 9.24. The van der Waals surface area contributed by atoms with E-state index in [0.717, 1.165) is 23.3 Å². The van der Waals surface area contributed by atoms with E-state index in [1.54, 1.807) is 19.2 Å². The van der Waals surface area contributed by atoms with E-state index in [0.29, 0.717) is 31.4 Å². The van der Waals surface area contributed by atoms with Gasteiger partial charge in [0.2, 0.25) is 0 Å². The van der Waals surface area contributed by atoms with Crippen LogP contribution in [0.4, 0.5) is 0 Å². The summed E-state index contributed by atoms with van der Waals surface area (Å²) in [7, 11) is 1.71. The molecule has 1 unspecified atom stereocenters. The van der Waals surface area contributed by atoms with E-state index < -0.39 is 0 Å². The number of nitrogens with one attached hydrogen (secondary N) is 3. The first-order chi connectivity index (χ1) is 13.5. The van der Waals surface area contributed by atoms with Crippen molar-refractivity contribution in [3.63, 3.8) is 0 Å². The van der Waals surface area contributed by atoms with Gasteiger partial charge in [-0.05, 0) is 44.0 Å². The number of aliphatic imine (C=N–C) groups is 1. The summed E-state index contributed by atoms with van der Waals surface area (Å²) in [6, 6.07) is 9.51. The number of carbonyl (C=O) groups excluding carboxylic acids is 1. The Hall–Kier alpha value is -2.23. The second kappa shape index (κ2) is 13.1. The Morgan fingerprint density at radius 1 is 1.21 bits per heavy atom. The Bertz CT molecular complexity index is 778. The fraction of sp³-hybridized carbons (Fsp3) is 0.429. The van der Waals surface area contributed by atoms with E-state index in [1.165, 1.54) is 6.26 Å². The summed E-state index contributed by atoms with van der Waals surface area (Å²) >= 11 is 0. The van der Waals surface area contributed by atoms with Crippen LogP contribution in [0.1, 0.15) is 41.9 Å². The van der Waals surface area contributed by atoms with Gasteiger partial charge in [-0.1, -0.05) is 19.1 Å². The zero-order valence-corrected chi connectivity index (χ0v) is 19.8. The van der Waals surface area contributed by atoms with E-state index in [-0.39, 0.29) is 36.0 Å². The highest BCUT2D eigenvalue weighted by Gasteiger charge is 2.09. The molecule has 0 saturated heterocycles. The van der Waals surface area contributed by atoms with Crippen molar-refractivity contribution < 1.29 is 13.9 Å². The van der Waals surface area contributed by atoms with Crippen LogP contribution in [0.2, 0.25) is 0 Å². The fourth-order valence-corrected chi connectivity index (χ4v) is 2.47. The minimum atomic E-state index is -0.235. The van der Waals surface area contributed by atoms with Gasteiger partial charge < -0.3 is 25.1 Å². The van der Waals surface area contributed by atoms with Gasteiger partial charge >= 0.3 is 0 Å². The molecule has 0 bridgehead atoms. The number of guanidine groups is 1. The van der Waals surface area contributed by atoms with E-state index in [9.17, 15) is 4.79 Å². The number of nitrogens with zero attached hydrogens (tertiary/aromatic N) is 1. The molecule has 0 aliphatic rings. The number of rotatable bonds is 9. The SMILES string of the molecule is CCC(C)Oc1cc(C)ccc1CNC(=NC)NCCNC(=O)c1ccco1.I. The Morgan fingerprint density at radius 3 is 2.62 bits per heavy atom. The Morgan fingerprint density at radius 2 is 1.97 bits per heavy atom. The molecule has 1 aromatic heterocycles. The van der Waals surface area contributed by atoms with E-state index >= 15 is 0 Å². The molecule has 29 heavy (non-hydrogen) atoms. The third kappa shape index (κ3) is 8.35. The van der Waals surface area contributed by atoms with Gasteiger partial charge in [0.05, 0.1) is 12.4 Å². The van der Waals surface area contributed by atoms with Crippen molar-refractivity contribution in [3.8, 4) is 5.75 Å². The maximum absolute atomic E-state index is 11.8. The lowest BCUT2D eigenvalue weighted by Gasteiger charge is -2.18. The molecule has 160 valence electrons. The van der Waals surface area contributed by atoms with Crippen LogP contribution >= 0.6 is 24.0 Å². The van der Waals surface area contributed by atoms with Crippen LogP contribution in [-0.2, 0) is 6.54 Å². The van der Waals surface area contributed by atoms with Crippen LogP contribution < -0.4 is 20.7 Å². The van der Waals surface area contributed by atoms with Crippen LogP contribution in [0.3, 0.4) is 0 Å². The van der Waals surface area contributed by atoms with Crippen LogP contribution in [0.15, 0.2) is 46.0 Å². The first-order valence-electron chi connectivity index (χ1n) is 9.55. The van der Waals surface area contributed by atoms with Gasteiger partial charge in [0.25, 0.3) is 5.91 Å². The van der Waals surface area contributed by atoms with Crippen molar-refractivity contribution in [2.24, 2.45) is 4.99 Å². The summed E-state index contributed by atoms with van der Waals surface area (Å²) in [5.74, 6) is 1.61. The van der Waals surface area contributed by atoms with Crippen LogP contribution in [0, 0.1) is 6.92 Å². The second-order valence-electron chi connectivity index (χ2n) is 6.53. The number of amides is 1. The Kier molecular flexibility index (Phi) is 11.2. The van der Waals surface area contributed by atoms with Crippen molar-refractivity contribution >= 4 is 35.8 Å². The molecule has 3 N–H and O–H groups in total. The molecule has 0 spiro atoms. The monoisotopic (exact) mass is 514 g/mol. The fourth-order valence-electron chi connectivity index (χ4n) is 2.47. The lowest BCUT2D eigenvalue weighted by molar-refractivity contribution is 0.0926.